The minimum Gasteiger partial charge on any atom is -0.249 e. The Morgan fingerprint density at radius 2 is 2.00 bits per heavy atom. The van der Waals surface area contributed by atoms with Crippen molar-refractivity contribution in [3.05, 3.63) is 54.2 Å². The second-order valence-corrected chi connectivity index (χ2v) is 3.92. The van der Waals surface area contributed by atoms with E-state index in [9.17, 15) is 0 Å². The molecule has 0 amide bonds. The molecule has 2 heteroatoms. The minimum absolute atomic E-state index is 0.542. The quantitative estimate of drug-likeness (QED) is 0.530. The molecule has 16 heavy (non-hydrogen) atoms. The van der Waals surface area contributed by atoms with Gasteiger partial charge in [0, 0.05) is 6.20 Å². The van der Waals surface area contributed by atoms with E-state index in [-0.39, 0.29) is 0 Å². The zero-order chi connectivity index (χ0) is 11.8. The molecular weight excluding hydrogens is 218 g/mol. The van der Waals surface area contributed by atoms with Crippen LogP contribution < -0.4 is 0 Å². The second-order valence-electron chi connectivity index (χ2n) is 3.38. The lowest BCUT2D eigenvalue weighted by molar-refractivity contribution is 1.23. The van der Waals surface area contributed by atoms with Crippen LogP contribution >= 0.6 is 11.6 Å². The van der Waals surface area contributed by atoms with Crippen molar-refractivity contribution in [2.24, 2.45) is 4.99 Å². The third-order valence-electron chi connectivity index (χ3n) is 2.04. The maximum atomic E-state index is 5.66. The summed E-state index contributed by atoms with van der Waals surface area (Å²) >= 11 is 5.66. The van der Waals surface area contributed by atoms with Crippen LogP contribution in [0.3, 0.4) is 0 Å². The molecule has 0 aliphatic rings. The van der Waals surface area contributed by atoms with Crippen molar-refractivity contribution < 1.29 is 0 Å². The van der Waals surface area contributed by atoms with Gasteiger partial charge in [0.05, 0.1) is 0 Å². The maximum Gasteiger partial charge on any atom is 0.103 e. The lowest BCUT2D eigenvalue weighted by Crippen LogP contribution is -1.80. The van der Waals surface area contributed by atoms with Crippen LogP contribution in [-0.4, -0.2) is 5.17 Å². The van der Waals surface area contributed by atoms with Crippen molar-refractivity contribution in [3.63, 3.8) is 0 Å². The molecule has 1 nitrogen and oxygen atoms in total. The molecule has 0 saturated heterocycles. The fourth-order valence-electron chi connectivity index (χ4n) is 1.35. The molecule has 1 aromatic rings. The van der Waals surface area contributed by atoms with Gasteiger partial charge in [-0.15, -0.1) is 0 Å². The molecule has 0 aliphatic heterocycles. The molecule has 0 aliphatic carbocycles. The predicted octanol–water partition coefficient (Wildman–Crippen LogP) is 4.65. The number of hydrogen-bond donors (Lipinski definition) is 0. The largest absolute Gasteiger partial charge is 0.249 e. The summed E-state index contributed by atoms with van der Waals surface area (Å²) in [5.74, 6) is 0. The van der Waals surface area contributed by atoms with Gasteiger partial charge in [-0.25, -0.2) is 4.99 Å². The van der Waals surface area contributed by atoms with E-state index in [0.29, 0.717) is 5.17 Å². The molecule has 1 aromatic carbocycles. The summed E-state index contributed by atoms with van der Waals surface area (Å²) in [5.41, 5.74) is 2.37. The number of rotatable bonds is 4. The third kappa shape index (κ3) is 4.45. The normalized spacial score (nSPS) is 13.4. The highest BCUT2D eigenvalue weighted by Gasteiger charge is 1.94. The van der Waals surface area contributed by atoms with Crippen molar-refractivity contribution in [3.8, 4) is 0 Å². The van der Waals surface area contributed by atoms with Crippen molar-refractivity contribution in [1.82, 2.24) is 0 Å². The van der Waals surface area contributed by atoms with Gasteiger partial charge in [-0.3, -0.25) is 0 Å². The Kier molecular flexibility index (Phi) is 5.58. The predicted molar refractivity (Wildman–Crippen MR) is 72.8 cm³/mol. The van der Waals surface area contributed by atoms with E-state index in [1.165, 1.54) is 11.1 Å². The number of allylic oxidation sites excluding steroid dienone is 3. The number of nitrogens with zero attached hydrogens (tertiary/aromatic N) is 1. The van der Waals surface area contributed by atoms with Crippen LogP contribution in [0.4, 0.5) is 0 Å². The molecule has 1 rings (SSSR count). The average Bonchev–Trinajstić information content (AvgIpc) is 2.29. The second kappa shape index (κ2) is 7.02. The van der Waals surface area contributed by atoms with Crippen LogP contribution in [0.1, 0.15) is 25.8 Å². The first-order valence-electron chi connectivity index (χ1n) is 5.36. The Hall–Kier alpha value is -1.34. The van der Waals surface area contributed by atoms with Crippen LogP contribution in [0.5, 0.6) is 0 Å². The number of halogens is 1. The molecule has 0 fully saturated rings. The van der Waals surface area contributed by atoms with Gasteiger partial charge in [0.2, 0.25) is 0 Å². The Morgan fingerprint density at radius 3 is 2.56 bits per heavy atom. The highest BCUT2D eigenvalue weighted by atomic mass is 35.5. The lowest BCUT2D eigenvalue weighted by atomic mass is 10.1. The van der Waals surface area contributed by atoms with Gasteiger partial charge in [-0.05, 0) is 30.6 Å². The molecule has 0 saturated carbocycles. The zero-order valence-corrected chi connectivity index (χ0v) is 10.4. The molecule has 84 valence electrons. The molecule has 0 heterocycles. The van der Waals surface area contributed by atoms with Crippen molar-refractivity contribution in [2.45, 2.75) is 20.3 Å². The summed E-state index contributed by atoms with van der Waals surface area (Å²) in [6.07, 6.45) is 6.88. The van der Waals surface area contributed by atoms with E-state index in [0.717, 1.165) is 6.42 Å². The Morgan fingerprint density at radius 1 is 1.31 bits per heavy atom. The van der Waals surface area contributed by atoms with Crippen LogP contribution in [0.25, 0.3) is 5.57 Å². The Labute approximate surface area is 102 Å². The van der Waals surface area contributed by atoms with E-state index in [4.69, 9.17) is 11.6 Å². The van der Waals surface area contributed by atoms with Gasteiger partial charge in [0.15, 0.2) is 0 Å². The van der Waals surface area contributed by atoms with Crippen LogP contribution in [-0.2, 0) is 0 Å². The minimum atomic E-state index is 0.542. The van der Waals surface area contributed by atoms with E-state index >= 15 is 0 Å². The summed E-state index contributed by atoms with van der Waals surface area (Å²) in [4.78, 5) is 4.03. The molecule has 0 bridgehead atoms. The van der Waals surface area contributed by atoms with E-state index in [2.05, 4.69) is 30.1 Å². The molecule has 0 unspecified atom stereocenters. The first-order valence-corrected chi connectivity index (χ1v) is 5.74. The molecule has 0 atom stereocenters. The number of benzene rings is 1. The van der Waals surface area contributed by atoms with Gasteiger partial charge in [0.25, 0.3) is 0 Å². The first-order chi connectivity index (χ1) is 7.74. The number of hydrogen-bond acceptors (Lipinski definition) is 1. The average molecular weight is 234 g/mol. The molecular formula is C14H16ClN. The topological polar surface area (TPSA) is 12.4 Å². The van der Waals surface area contributed by atoms with Gasteiger partial charge >= 0.3 is 0 Å². The van der Waals surface area contributed by atoms with E-state index < -0.39 is 0 Å². The summed E-state index contributed by atoms with van der Waals surface area (Å²) < 4.78 is 0. The lowest BCUT2D eigenvalue weighted by Gasteiger charge is -2.01. The van der Waals surface area contributed by atoms with Gasteiger partial charge in [-0.2, -0.15) is 0 Å². The highest BCUT2D eigenvalue weighted by Crippen LogP contribution is 2.16. The maximum absolute atomic E-state index is 5.66. The SMILES string of the molecule is CC/C=C(/C=C\N=C(C)Cl)c1ccccc1. The molecule has 0 spiro atoms. The van der Waals surface area contributed by atoms with Gasteiger partial charge in [-0.1, -0.05) is 54.9 Å². The van der Waals surface area contributed by atoms with Crippen LogP contribution in [0.15, 0.2) is 53.7 Å². The molecule has 0 N–H and O–H groups in total. The third-order valence-corrected chi connectivity index (χ3v) is 2.14. The van der Waals surface area contributed by atoms with Crippen LogP contribution in [0, 0.1) is 0 Å². The fourth-order valence-corrected chi connectivity index (χ4v) is 1.41. The van der Waals surface area contributed by atoms with Gasteiger partial charge in [0.1, 0.15) is 5.17 Å². The molecule has 0 radical (unpaired) electrons. The van der Waals surface area contributed by atoms with Gasteiger partial charge < -0.3 is 0 Å². The first kappa shape index (κ1) is 12.7. The Bertz CT molecular complexity index is 398. The van der Waals surface area contributed by atoms with Crippen molar-refractivity contribution in [1.29, 1.82) is 0 Å². The smallest absolute Gasteiger partial charge is 0.103 e. The summed E-state index contributed by atoms with van der Waals surface area (Å²) in [7, 11) is 0. The highest BCUT2D eigenvalue weighted by molar-refractivity contribution is 6.64. The Balaban J connectivity index is 2.90. The van der Waals surface area contributed by atoms with Crippen LogP contribution in [0.2, 0.25) is 0 Å². The summed E-state index contributed by atoms with van der Waals surface area (Å²) in [6.45, 7) is 3.88. The fraction of sp³-hybridized carbons (Fsp3) is 0.214. The number of aliphatic imine (C=N–C) groups is 1. The zero-order valence-electron chi connectivity index (χ0n) is 9.65. The van der Waals surface area contributed by atoms with E-state index in [1.54, 1.807) is 13.1 Å². The standard InChI is InChI=1S/C14H16ClN/c1-3-7-13(10-11-16-12(2)15)14-8-5-4-6-9-14/h4-11H,3H2,1-2H3/b11-10-,13-7-,16-12?. The van der Waals surface area contributed by atoms with Crippen molar-refractivity contribution >= 4 is 22.3 Å². The van der Waals surface area contributed by atoms with E-state index in [1.807, 2.05) is 24.3 Å². The summed E-state index contributed by atoms with van der Waals surface area (Å²) in [5, 5.41) is 0.542. The summed E-state index contributed by atoms with van der Waals surface area (Å²) in [6, 6.07) is 10.2. The monoisotopic (exact) mass is 233 g/mol. The molecule has 0 aromatic heterocycles. The van der Waals surface area contributed by atoms with Crippen molar-refractivity contribution in [2.75, 3.05) is 0 Å².